The van der Waals surface area contributed by atoms with Crippen LogP contribution in [0.3, 0.4) is 0 Å². The molecule has 1 aromatic heterocycles. The van der Waals surface area contributed by atoms with Crippen molar-refractivity contribution in [2.24, 2.45) is 0 Å². The van der Waals surface area contributed by atoms with Gasteiger partial charge in [-0.1, -0.05) is 0 Å². The molecule has 1 atom stereocenters. The van der Waals surface area contributed by atoms with Crippen molar-refractivity contribution >= 4 is 15.6 Å². The Balaban J connectivity index is 1.94. The van der Waals surface area contributed by atoms with Crippen LogP contribution in [-0.2, 0) is 14.6 Å². The summed E-state index contributed by atoms with van der Waals surface area (Å²) in [5, 5.41) is 0. The first kappa shape index (κ1) is 22.6. The van der Waals surface area contributed by atoms with Gasteiger partial charge in [0, 0.05) is 37.6 Å². The van der Waals surface area contributed by atoms with Gasteiger partial charge in [-0.3, -0.25) is 4.79 Å². The second-order valence-corrected chi connectivity index (χ2v) is 9.28. The molecule has 3 aromatic rings. The second-order valence-electron chi connectivity index (χ2n) is 7.26. The molecule has 0 bridgehead atoms. The molecule has 8 heteroatoms. The lowest BCUT2D eigenvalue weighted by molar-refractivity contribution is 0.0920. The summed E-state index contributed by atoms with van der Waals surface area (Å²) in [4.78, 5) is 15.0. The predicted octanol–water partition coefficient (Wildman–Crippen LogP) is 4.49. The number of methoxy groups -OCH3 is 1. The lowest BCUT2D eigenvalue weighted by Crippen LogP contribution is -2.17. The molecule has 3 rings (SSSR count). The highest BCUT2D eigenvalue weighted by Crippen LogP contribution is 2.33. The summed E-state index contributed by atoms with van der Waals surface area (Å²) < 4.78 is 40.4. The summed E-state index contributed by atoms with van der Waals surface area (Å²) in [6, 6.07) is 15.1. The van der Waals surface area contributed by atoms with Gasteiger partial charge in [-0.2, -0.15) is 0 Å². The number of rotatable bonds is 9. The number of ketones is 1. The van der Waals surface area contributed by atoms with Crippen molar-refractivity contribution in [1.29, 1.82) is 0 Å². The van der Waals surface area contributed by atoms with Crippen molar-refractivity contribution < 1.29 is 27.4 Å². The van der Waals surface area contributed by atoms with Crippen LogP contribution >= 0.6 is 0 Å². The third-order valence-corrected chi connectivity index (χ3v) is 5.61. The molecule has 7 nitrogen and oxygen atoms in total. The van der Waals surface area contributed by atoms with E-state index in [9.17, 15) is 13.2 Å². The molecule has 0 saturated heterocycles. The van der Waals surface area contributed by atoms with Crippen molar-refractivity contribution in [1.82, 2.24) is 4.98 Å². The molecule has 0 unspecified atom stereocenters. The first-order valence-electron chi connectivity index (χ1n) is 9.64. The maximum Gasteiger partial charge on any atom is 0.175 e. The van der Waals surface area contributed by atoms with Gasteiger partial charge >= 0.3 is 0 Å². The van der Waals surface area contributed by atoms with Crippen molar-refractivity contribution in [3.63, 3.8) is 0 Å². The normalized spacial score (nSPS) is 12.4. The highest BCUT2D eigenvalue weighted by molar-refractivity contribution is 7.90. The topological polar surface area (TPSA) is 94.7 Å². The van der Waals surface area contributed by atoms with E-state index >= 15 is 0 Å². The van der Waals surface area contributed by atoms with E-state index in [1.807, 2.05) is 25.1 Å². The molecular weight excluding hydrogens is 418 g/mol. The molecule has 31 heavy (non-hydrogen) atoms. The van der Waals surface area contributed by atoms with Crippen molar-refractivity contribution in [2.75, 3.05) is 20.0 Å². The maximum absolute atomic E-state index is 11.7. The van der Waals surface area contributed by atoms with Crippen LogP contribution < -0.4 is 9.47 Å². The SMILES string of the molecule is COC[C@H](C)Oc1cc(Oc2ccc(S(C)(=O)=O)cc2)cc(-c2ccc(C(C)=O)[nH]2)c1. The van der Waals surface area contributed by atoms with Gasteiger partial charge in [0.2, 0.25) is 0 Å². The van der Waals surface area contributed by atoms with Gasteiger partial charge in [0.05, 0.1) is 17.2 Å². The van der Waals surface area contributed by atoms with Crippen LogP contribution in [-0.4, -0.2) is 45.3 Å². The van der Waals surface area contributed by atoms with Crippen LogP contribution in [0.1, 0.15) is 24.3 Å². The largest absolute Gasteiger partial charge is 0.488 e. The number of ether oxygens (including phenoxy) is 3. The lowest BCUT2D eigenvalue weighted by atomic mass is 10.1. The Labute approximate surface area is 181 Å². The van der Waals surface area contributed by atoms with Crippen LogP contribution in [0.2, 0.25) is 0 Å². The molecule has 0 spiro atoms. The van der Waals surface area contributed by atoms with Crippen LogP contribution in [0.15, 0.2) is 59.5 Å². The molecule has 0 fully saturated rings. The van der Waals surface area contributed by atoms with E-state index in [0.29, 0.717) is 29.5 Å². The Morgan fingerprint density at radius 1 is 1.00 bits per heavy atom. The highest BCUT2D eigenvalue weighted by Gasteiger charge is 2.12. The molecule has 164 valence electrons. The number of H-pyrrole nitrogens is 1. The Bertz CT molecular complexity index is 1170. The number of carbonyl (C=O) groups excluding carboxylic acids is 1. The zero-order valence-corrected chi connectivity index (χ0v) is 18.7. The summed E-state index contributed by atoms with van der Waals surface area (Å²) in [6.07, 6.45) is 0.974. The zero-order valence-electron chi connectivity index (χ0n) is 17.8. The minimum absolute atomic E-state index is 0.0604. The van der Waals surface area contributed by atoms with E-state index in [-0.39, 0.29) is 16.8 Å². The smallest absolute Gasteiger partial charge is 0.175 e. The van der Waals surface area contributed by atoms with E-state index in [0.717, 1.165) is 17.5 Å². The minimum atomic E-state index is -3.28. The maximum atomic E-state index is 11.7. The first-order valence-corrected chi connectivity index (χ1v) is 11.5. The third kappa shape index (κ3) is 5.96. The first-order chi connectivity index (χ1) is 14.7. The number of nitrogens with one attached hydrogen (secondary N) is 1. The predicted molar refractivity (Wildman–Crippen MR) is 118 cm³/mol. The molecule has 2 aromatic carbocycles. The Kier molecular flexibility index (Phi) is 6.82. The van der Waals surface area contributed by atoms with Crippen LogP contribution in [0.25, 0.3) is 11.3 Å². The Hall–Kier alpha value is -3.10. The fourth-order valence-corrected chi connectivity index (χ4v) is 3.65. The van der Waals surface area contributed by atoms with Gasteiger partial charge in [-0.15, -0.1) is 0 Å². The van der Waals surface area contributed by atoms with Gasteiger partial charge in [0.1, 0.15) is 23.4 Å². The number of hydrogen-bond acceptors (Lipinski definition) is 6. The standard InChI is InChI=1S/C23H25NO6S/c1-15(14-28-3)29-19-11-17(23-10-9-22(24-23)16(2)25)12-20(13-19)30-18-5-7-21(8-6-18)31(4,26)27/h5-13,15,24H,14H2,1-4H3/t15-/m0/s1. The van der Waals surface area contributed by atoms with Crippen LogP contribution in [0, 0.1) is 0 Å². The van der Waals surface area contributed by atoms with Gasteiger partial charge in [-0.25, -0.2) is 8.42 Å². The molecule has 1 heterocycles. The van der Waals surface area contributed by atoms with E-state index in [4.69, 9.17) is 14.2 Å². The van der Waals surface area contributed by atoms with Gasteiger partial charge in [-0.05, 0) is 55.5 Å². The van der Waals surface area contributed by atoms with Gasteiger partial charge in [0.25, 0.3) is 0 Å². The third-order valence-electron chi connectivity index (χ3n) is 4.48. The number of sulfone groups is 1. The summed E-state index contributed by atoms with van der Waals surface area (Å²) in [5.74, 6) is 1.50. The van der Waals surface area contributed by atoms with Gasteiger partial charge in [0.15, 0.2) is 15.6 Å². The Morgan fingerprint density at radius 2 is 1.68 bits per heavy atom. The van der Waals surface area contributed by atoms with Crippen molar-refractivity contribution in [2.45, 2.75) is 24.8 Å². The average molecular weight is 444 g/mol. The highest BCUT2D eigenvalue weighted by atomic mass is 32.2. The summed E-state index contributed by atoms with van der Waals surface area (Å²) in [6.45, 7) is 3.81. The van der Waals surface area contributed by atoms with Crippen molar-refractivity contribution in [3.8, 4) is 28.5 Å². The molecule has 0 radical (unpaired) electrons. The minimum Gasteiger partial charge on any atom is -0.488 e. The summed E-state index contributed by atoms with van der Waals surface area (Å²) >= 11 is 0. The molecular formula is C23H25NO6S. The number of carbonyl (C=O) groups is 1. The zero-order chi connectivity index (χ0) is 22.6. The van der Waals surface area contributed by atoms with E-state index in [1.165, 1.54) is 19.1 Å². The number of hydrogen-bond donors (Lipinski definition) is 1. The fourth-order valence-electron chi connectivity index (χ4n) is 3.02. The van der Waals surface area contributed by atoms with Gasteiger partial charge < -0.3 is 19.2 Å². The van der Waals surface area contributed by atoms with Crippen molar-refractivity contribution in [3.05, 3.63) is 60.3 Å². The second kappa shape index (κ2) is 9.36. The summed E-state index contributed by atoms with van der Waals surface area (Å²) in [5.41, 5.74) is 2.03. The Morgan fingerprint density at radius 3 is 2.26 bits per heavy atom. The monoisotopic (exact) mass is 443 g/mol. The van der Waals surface area contributed by atoms with Crippen LogP contribution in [0.4, 0.5) is 0 Å². The quantitative estimate of drug-likeness (QED) is 0.490. The van der Waals surface area contributed by atoms with E-state index in [2.05, 4.69) is 4.98 Å². The fraction of sp³-hybridized carbons (Fsp3) is 0.261. The molecule has 0 saturated carbocycles. The van der Waals surface area contributed by atoms with Crippen LogP contribution in [0.5, 0.6) is 17.2 Å². The number of Topliss-reactive ketones (excluding diaryl/α,β-unsaturated/α-hetero) is 1. The number of aromatic nitrogens is 1. The number of aromatic amines is 1. The molecule has 0 amide bonds. The molecule has 0 aliphatic carbocycles. The van der Waals surface area contributed by atoms with E-state index < -0.39 is 9.84 Å². The lowest BCUT2D eigenvalue weighted by Gasteiger charge is -2.16. The van der Waals surface area contributed by atoms with E-state index in [1.54, 1.807) is 31.4 Å². The molecule has 0 aliphatic heterocycles. The molecule has 0 aliphatic rings. The number of benzene rings is 2. The molecule has 1 N–H and O–H groups in total. The average Bonchev–Trinajstić information content (AvgIpc) is 3.18. The summed E-state index contributed by atoms with van der Waals surface area (Å²) in [7, 11) is -1.68.